The summed E-state index contributed by atoms with van der Waals surface area (Å²) >= 11 is 0. The lowest BCUT2D eigenvalue weighted by molar-refractivity contribution is -0.120. The molecule has 0 unspecified atom stereocenters. The van der Waals surface area contributed by atoms with E-state index in [9.17, 15) is 14.4 Å². The third-order valence-corrected chi connectivity index (χ3v) is 5.29. The van der Waals surface area contributed by atoms with Crippen molar-refractivity contribution in [2.24, 2.45) is 17.8 Å². The number of amides is 1. The maximum atomic E-state index is 13.0. The second-order valence-corrected chi connectivity index (χ2v) is 8.06. The Labute approximate surface area is 164 Å². The van der Waals surface area contributed by atoms with Crippen LogP contribution >= 0.6 is 0 Å². The first-order valence-electron chi connectivity index (χ1n) is 9.77. The molecule has 0 radical (unpaired) electrons. The van der Waals surface area contributed by atoms with E-state index in [1.165, 1.54) is 9.47 Å². The number of aromatic amines is 1. The van der Waals surface area contributed by atoms with E-state index in [0.29, 0.717) is 18.4 Å². The minimum Gasteiger partial charge on any atom is -0.383 e. The summed E-state index contributed by atoms with van der Waals surface area (Å²) in [5.74, 6) is 0.533. The summed E-state index contributed by atoms with van der Waals surface area (Å²) in [5, 5.41) is 0. The number of nitrogen functional groups attached to an aromatic ring is 1. The lowest BCUT2D eigenvalue weighted by Crippen LogP contribution is -2.42. The molecule has 1 aromatic carbocycles. The summed E-state index contributed by atoms with van der Waals surface area (Å²) in [5.41, 5.74) is 6.05. The van der Waals surface area contributed by atoms with E-state index < -0.39 is 11.2 Å². The van der Waals surface area contributed by atoms with Crippen molar-refractivity contribution in [1.29, 1.82) is 0 Å². The summed E-state index contributed by atoms with van der Waals surface area (Å²) in [6.45, 7) is 6.77. The number of aromatic nitrogens is 2. The monoisotopic (exact) mass is 384 g/mol. The summed E-state index contributed by atoms with van der Waals surface area (Å²) in [6, 6.07) is 9.39. The van der Waals surface area contributed by atoms with Gasteiger partial charge in [0.1, 0.15) is 5.82 Å². The fourth-order valence-electron chi connectivity index (χ4n) is 3.35. The molecule has 1 heterocycles. The number of hydrogen-bond acceptors (Lipinski definition) is 4. The van der Waals surface area contributed by atoms with E-state index >= 15 is 0 Å². The van der Waals surface area contributed by atoms with Crippen LogP contribution in [0.2, 0.25) is 0 Å². The van der Waals surface area contributed by atoms with Gasteiger partial charge in [0, 0.05) is 12.5 Å². The Kier molecular flexibility index (Phi) is 5.72. The van der Waals surface area contributed by atoms with Gasteiger partial charge in [0.15, 0.2) is 5.69 Å². The first kappa shape index (κ1) is 19.9. The molecule has 7 heteroatoms. The number of carbonyl (C=O) groups excluding carboxylic acids is 1. The Balaban J connectivity index is 2.03. The van der Waals surface area contributed by atoms with Gasteiger partial charge in [-0.3, -0.25) is 19.1 Å². The minimum atomic E-state index is -0.614. The molecule has 0 bridgehead atoms. The highest BCUT2D eigenvalue weighted by molar-refractivity contribution is 5.98. The van der Waals surface area contributed by atoms with Gasteiger partial charge in [-0.15, -0.1) is 0 Å². The molecule has 1 aliphatic carbocycles. The van der Waals surface area contributed by atoms with Crippen molar-refractivity contribution in [2.45, 2.75) is 40.2 Å². The number of benzene rings is 1. The number of carbonyl (C=O) groups is 1. The fraction of sp³-hybridized carbons (Fsp3) is 0.476. The standard InChI is InChI=1S/C21H28N4O3/c1-13(2)9-10-24(20(27)16-11-14(16)3)17-18(22)25(21(28)23-19(17)26)12-15-7-5-4-6-8-15/h4-8,13-14,16H,9-12,22H2,1-3H3,(H,23,26,28)/t14-,16-/m0/s1. The van der Waals surface area contributed by atoms with Crippen LogP contribution in [0.3, 0.4) is 0 Å². The smallest absolute Gasteiger partial charge is 0.330 e. The number of anilines is 2. The highest BCUT2D eigenvalue weighted by Gasteiger charge is 2.42. The van der Waals surface area contributed by atoms with Gasteiger partial charge in [0.05, 0.1) is 6.54 Å². The van der Waals surface area contributed by atoms with Crippen molar-refractivity contribution in [1.82, 2.24) is 9.55 Å². The maximum absolute atomic E-state index is 13.0. The number of nitrogens with zero attached hydrogens (tertiary/aromatic N) is 2. The van der Waals surface area contributed by atoms with Gasteiger partial charge in [-0.05, 0) is 30.2 Å². The molecule has 0 aliphatic heterocycles. The number of hydrogen-bond donors (Lipinski definition) is 2. The normalized spacial score (nSPS) is 18.3. The van der Waals surface area contributed by atoms with Crippen LogP contribution in [0.15, 0.2) is 39.9 Å². The van der Waals surface area contributed by atoms with Crippen LogP contribution in [-0.2, 0) is 11.3 Å². The first-order chi connectivity index (χ1) is 13.3. The molecule has 2 aromatic rings. The van der Waals surface area contributed by atoms with E-state index in [-0.39, 0.29) is 29.9 Å². The highest BCUT2D eigenvalue weighted by Crippen LogP contribution is 2.40. The summed E-state index contributed by atoms with van der Waals surface area (Å²) in [7, 11) is 0. The van der Waals surface area contributed by atoms with E-state index in [4.69, 9.17) is 5.73 Å². The van der Waals surface area contributed by atoms with E-state index in [0.717, 1.165) is 18.4 Å². The van der Waals surface area contributed by atoms with E-state index in [2.05, 4.69) is 18.8 Å². The molecule has 0 saturated heterocycles. The number of H-pyrrole nitrogens is 1. The Morgan fingerprint density at radius 1 is 1.29 bits per heavy atom. The molecule has 3 rings (SSSR count). The molecule has 3 N–H and O–H groups in total. The SMILES string of the molecule is CC(C)CCN(C(=O)[C@H]1C[C@@H]1C)c1c(N)n(Cc2ccccc2)c(=O)[nH]c1=O. The molecule has 1 aliphatic rings. The minimum absolute atomic E-state index is 0.0306. The van der Waals surface area contributed by atoms with E-state index in [1.54, 1.807) is 0 Å². The van der Waals surface area contributed by atoms with Crippen LogP contribution in [0, 0.1) is 17.8 Å². The summed E-state index contributed by atoms with van der Waals surface area (Å²) in [4.78, 5) is 41.9. The molecule has 150 valence electrons. The molecule has 1 fully saturated rings. The second kappa shape index (κ2) is 8.04. The summed E-state index contributed by atoms with van der Waals surface area (Å²) in [6.07, 6.45) is 1.56. The first-order valence-corrected chi connectivity index (χ1v) is 9.77. The third-order valence-electron chi connectivity index (χ3n) is 5.29. The second-order valence-electron chi connectivity index (χ2n) is 8.06. The van der Waals surface area contributed by atoms with Crippen LogP contribution in [0.5, 0.6) is 0 Å². The lowest BCUT2D eigenvalue weighted by Gasteiger charge is -2.25. The van der Waals surface area contributed by atoms with Crippen molar-refractivity contribution in [3.05, 3.63) is 56.7 Å². The number of nitrogens with two attached hydrogens (primary N) is 1. The van der Waals surface area contributed by atoms with Crippen molar-refractivity contribution < 1.29 is 4.79 Å². The quantitative estimate of drug-likeness (QED) is 0.764. The predicted molar refractivity (Wildman–Crippen MR) is 110 cm³/mol. The zero-order valence-corrected chi connectivity index (χ0v) is 16.6. The molecule has 1 amide bonds. The van der Waals surface area contributed by atoms with Gasteiger partial charge in [-0.25, -0.2) is 4.79 Å². The topological polar surface area (TPSA) is 101 Å². The van der Waals surface area contributed by atoms with E-state index in [1.807, 2.05) is 37.3 Å². The number of rotatable bonds is 7. The van der Waals surface area contributed by atoms with Crippen molar-refractivity contribution in [3.63, 3.8) is 0 Å². The molecule has 28 heavy (non-hydrogen) atoms. The van der Waals surface area contributed by atoms with Gasteiger partial charge in [-0.2, -0.15) is 0 Å². The van der Waals surface area contributed by atoms with Crippen LogP contribution in [0.1, 0.15) is 39.2 Å². The molecule has 0 spiro atoms. The highest BCUT2D eigenvalue weighted by atomic mass is 16.2. The molecule has 1 saturated carbocycles. The van der Waals surface area contributed by atoms with Crippen molar-refractivity contribution in [2.75, 3.05) is 17.2 Å². The largest absolute Gasteiger partial charge is 0.383 e. The molecule has 2 atom stereocenters. The van der Waals surface area contributed by atoms with Gasteiger partial charge < -0.3 is 10.6 Å². The zero-order valence-electron chi connectivity index (χ0n) is 16.6. The lowest BCUT2D eigenvalue weighted by atomic mass is 10.1. The Morgan fingerprint density at radius 3 is 2.50 bits per heavy atom. The Hall–Kier alpha value is -2.83. The van der Waals surface area contributed by atoms with Gasteiger partial charge in [0.25, 0.3) is 5.56 Å². The van der Waals surface area contributed by atoms with Crippen molar-refractivity contribution in [3.8, 4) is 0 Å². The zero-order chi connectivity index (χ0) is 20.4. The molecular formula is C21H28N4O3. The van der Waals surface area contributed by atoms with Crippen LogP contribution < -0.4 is 21.9 Å². The summed E-state index contributed by atoms with van der Waals surface area (Å²) < 4.78 is 1.32. The molecule has 1 aromatic heterocycles. The van der Waals surface area contributed by atoms with Crippen molar-refractivity contribution >= 4 is 17.4 Å². The predicted octanol–water partition coefficient (Wildman–Crippen LogP) is 2.20. The van der Waals surface area contributed by atoms with Crippen LogP contribution in [-0.4, -0.2) is 22.0 Å². The average molecular weight is 384 g/mol. The maximum Gasteiger partial charge on any atom is 0.330 e. The van der Waals surface area contributed by atoms with Gasteiger partial charge >= 0.3 is 5.69 Å². The average Bonchev–Trinajstić information content (AvgIpc) is 3.38. The van der Waals surface area contributed by atoms with Gasteiger partial charge in [0.2, 0.25) is 5.91 Å². The van der Waals surface area contributed by atoms with Crippen LogP contribution in [0.4, 0.5) is 11.5 Å². The van der Waals surface area contributed by atoms with Gasteiger partial charge in [-0.1, -0.05) is 51.1 Å². The number of nitrogens with one attached hydrogen (secondary N) is 1. The Bertz CT molecular complexity index is 962. The third kappa shape index (κ3) is 4.18. The molecule has 7 nitrogen and oxygen atoms in total. The molecular weight excluding hydrogens is 356 g/mol. The Morgan fingerprint density at radius 2 is 1.93 bits per heavy atom. The fourth-order valence-corrected chi connectivity index (χ4v) is 3.35. The van der Waals surface area contributed by atoms with Crippen LogP contribution in [0.25, 0.3) is 0 Å².